The van der Waals surface area contributed by atoms with Crippen molar-refractivity contribution in [2.24, 2.45) is 0 Å². The first kappa shape index (κ1) is 20.7. The fourth-order valence-corrected chi connectivity index (χ4v) is 5.37. The normalized spacial score (nSPS) is 23.3. The van der Waals surface area contributed by atoms with Gasteiger partial charge in [-0.05, 0) is 40.7 Å². The highest BCUT2D eigenvalue weighted by Crippen LogP contribution is 2.43. The molecule has 4 heteroatoms. The molecule has 0 radical (unpaired) electrons. The molecule has 132 valence electrons. The Morgan fingerprint density at radius 2 is 1.55 bits per heavy atom. The van der Waals surface area contributed by atoms with Gasteiger partial charge >= 0.3 is 0 Å². The van der Waals surface area contributed by atoms with Gasteiger partial charge in [-0.15, -0.1) is 0 Å². The van der Waals surface area contributed by atoms with Crippen LogP contribution in [0.5, 0.6) is 0 Å². The quantitative estimate of drug-likeness (QED) is 0.504. The SMILES string of the molecule is CCCCCCCCN1CCNCC(C)(C)SSC(C)(C)C1. The summed E-state index contributed by atoms with van der Waals surface area (Å²) < 4.78 is 0.658. The maximum absolute atomic E-state index is 3.65. The molecule has 1 fully saturated rings. The molecule has 2 nitrogen and oxygen atoms in total. The predicted molar refractivity (Wildman–Crippen MR) is 106 cm³/mol. The standard InChI is InChI=1S/C18H38N2S2/c1-6-7-8-9-10-11-13-20-14-12-19-15-17(2,3)21-22-18(4,5)16-20/h19H,6-16H2,1-5H3. The minimum atomic E-state index is 0.323. The molecule has 1 aliphatic heterocycles. The van der Waals surface area contributed by atoms with Gasteiger partial charge in [0.05, 0.1) is 0 Å². The topological polar surface area (TPSA) is 15.3 Å². The van der Waals surface area contributed by atoms with E-state index in [-0.39, 0.29) is 0 Å². The Labute approximate surface area is 147 Å². The van der Waals surface area contributed by atoms with E-state index in [1.54, 1.807) is 0 Å². The zero-order valence-corrected chi connectivity index (χ0v) is 17.2. The van der Waals surface area contributed by atoms with E-state index in [2.05, 4.69) is 66.4 Å². The lowest BCUT2D eigenvalue weighted by Crippen LogP contribution is -2.44. The second-order valence-electron chi connectivity index (χ2n) is 7.91. The van der Waals surface area contributed by atoms with Gasteiger partial charge in [0.25, 0.3) is 0 Å². The van der Waals surface area contributed by atoms with Crippen molar-refractivity contribution in [1.82, 2.24) is 10.2 Å². The molecule has 0 aromatic carbocycles. The van der Waals surface area contributed by atoms with Crippen molar-refractivity contribution < 1.29 is 0 Å². The maximum atomic E-state index is 3.65. The molecular weight excluding hydrogens is 308 g/mol. The molecule has 0 aliphatic carbocycles. The largest absolute Gasteiger partial charge is 0.314 e. The highest BCUT2D eigenvalue weighted by molar-refractivity contribution is 8.77. The van der Waals surface area contributed by atoms with Crippen LogP contribution < -0.4 is 5.32 Å². The monoisotopic (exact) mass is 346 g/mol. The van der Waals surface area contributed by atoms with Crippen LogP contribution in [0.25, 0.3) is 0 Å². The van der Waals surface area contributed by atoms with E-state index in [1.807, 2.05) is 0 Å². The summed E-state index contributed by atoms with van der Waals surface area (Å²) in [6, 6.07) is 0. The molecule has 1 rings (SSSR count). The van der Waals surface area contributed by atoms with Crippen LogP contribution >= 0.6 is 21.6 Å². The minimum Gasteiger partial charge on any atom is -0.314 e. The molecule has 0 aromatic heterocycles. The summed E-state index contributed by atoms with van der Waals surface area (Å²) in [5.41, 5.74) is 0. The second-order valence-corrected chi connectivity index (χ2v) is 11.5. The van der Waals surface area contributed by atoms with Gasteiger partial charge < -0.3 is 10.2 Å². The van der Waals surface area contributed by atoms with Crippen molar-refractivity contribution in [3.63, 3.8) is 0 Å². The summed E-state index contributed by atoms with van der Waals surface area (Å²) in [5, 5.41) is 3.65. The van der Waals surface area contributed by atoms with Crippen LogP contribution in [-0.2, 0) is 0 Å². The van der Waals surface area contributed by atoms with E-state index >= 15 is 0 Å². The first-order valence-electron chi connectivity index (χ1n) is 9.14. The molecule has 0 atom stereocenters. The van der Waals surface area contributed by atoms with E-state index in [0.717, 1.165) is 13.1 Å². The van der Waals surface area contributed by atoms with Gasteiger partial charge in [0.1, 0.15) is 0 Å². The van der Waals surface area contributed by atoms with Crippen LogP contribution in [0.15, 0.2) is 0 Å². The third kappa shape index (κ3) is 9.69. The van der Waals surface area contributed by atoms with Gasteiger partial charge in [0.2, 0.25) is 0 Å². The Balaban J connectivity index is 2.36. The van der Waals surface area contributed by atoms with Crippen LogP contribution in [0.4, 0.5) is 0 Å². The molecule has 0 saturated carbocycles. The number of rotatable bonds is 7. The Morgan fingerprint density at radius 1 is 0.909 bits per heavy atom. The first-order valence-corrected chi connectivity index (χ1v) is 11.3. The van der Waals surface area contributed by atoms with Gasteiger partial charge in [-0.1, -0.05) is 60.6 Å². The van der Waals surface area contributed by atoms with Crippen LogP contribution in [-0.4, -0.2) is 47.1 Å². The lowest BCUT2D eigenvalue weighted by Gasteiger charge is -2.36. The van der Waals surface area contributed by atoms with Crippen LogP contribution in [0.3, 0.4) is 0 Å². The van der Waals surface area contributed by atoms with E-state index in [9.17, 15) is 0 Å². The van der Waals surface area contributed by atoms with Crippen molar-refractivity contribution in [1.29, 1.82) is 0 Å². The summed E-state index contributed by atoms with van der Waals surface area (Å²) in [4.78, 5) is 2.68. The summed E-state index contributed by atoms with van der Waals surface area (Å²) >= 11 is 0. The predicted octanol–water partition coefficient (Wildman–Crippen LogP) is 5.19. The summed E-state index contributed by atoms with van der Waals surface area (Å²) in [7, 11) is 4.12. The minimum absolute atomic E-state index is 0.323. The number of nitrogens with one attached hydrogen (secondary N) is 1. The Bertz CT molecular complexity index is 293. The molecule has 0 unspecified atom stereocenters. The van der Waals surface area contributed by atoms with Crippen molar-refractivity contribution in [3.8, 4) is 0 Å². The molecule has 1 heterocycles. The zero-order valence-electron chi connectivity index (χ0n) is 15.5. The third-order valence-corrected chi connectivity index (χ3v) is 8.30. The zero-order chi connectivity index (χ0) is 16.5. The smallest absolute Gasteiger partial charge is 0.0334 e. The number of unbranched alkanes of at least 4 members (excludes halogenated alkanes) is 5. The first-order chi connectivity index (χ1) is 10.3. The van der Waals surface area contributed by atoms with Gasteiger partial charge in [-0.2, -0.15) is 0 Å². The third-order valence-electron chi connectivity index (χ3n) is 4.08. The molecule has 0 aromatic rings. The molecule has 0 bridgehead atoms. The highest BCUT2D eigenvalue weighted by Gasteiger charge is 2.28. The molecular formula is C18H38N2S2. The number of nitrogens with zero attached hydrogens (tertiary/aromatic N) is 1. The van der Waals surface area contributed by atoms with E-state index < -0.39 is 0 Å². The Hall–Kier alpha value is 0.620. The van der Waals surface area contributed by atoms with Gasteiger partial charge in [-0.3, -0.25) is 0 Å². The molecule has 22 heavy (non-hydrogen) atoms. The van der Waals surface area contributed by atoms with Gasteiger partial charge in [0, 0.05) is 35.7 Å². The second kappa shape index (κ2) is 10.5. The van der Waals surface area contributed by atoms with Crippen molar-refractivity contribution in [2.45, 2.75) is 82.6 Å². The van der Waals surface area contributed by atoms with Crippen LogP contribution in [0.2, 0.25) is 0 Å². The molecule has 1 aliphatic rings. The van der Waals surface area contributed by atoms with Crippen LogP contribution in [0.1, 0.15) is 73.1 Å². The summed E-state index contributed by atoms with van der Waals surface area (Å²) in [6.45, 7) is 17.7. The number of hydrogen-bond donors (Lipinski definition) is 1. The summed E-state index contributed by atoms with van der Waals surface area (Å²) in [5.74, 6) is 0. The van der Waals surface area contributed by atoms with Gasteiger partial charge in [0.15, 0.2) is 0 Å². The summed E-state index contributed by atoms with van der Waals surface area (Å²) in [6.07, 6.45) is 8.36. The maximum Gasteiger partial charge on any atom is 0.0334 e. The van der Waals surface area contributed by atoms with Crippen molar-refractivity contribution in [3.05, 3.63) is 0 Å². The molecule has 1 N–H and O–H groups in total. The molecule has 0 amide bonds. The Kier molecular flexibility index (Phi) is 9.84. The average Bonchev–Trinajstić information content (AvgIpc) is 2.44. The van der Waals surface area contributed by atoms with Crippen molar-refractivity contribution >= 4 is 21.6 Å². The molecule has 1 saturated heterocycles. The molecule has 0 spiro atoms. The van der Waals surface area contributed by atoms with E-state index in [1.165, 1.54) is 58.2 Å². The Morgan fingerprint density at radius 3 is 2.27 bits per heavy atom. The van der Waals surface area contributed by atoms with Gasteiger partial charge in [-0.25, -0.2) is 0 Å². The van der Waals surface area contributed by atoms with Crippen LogP contribution in [0, 0.1) is 0 Å². The number of hydrogen-bond acceptors (Lipinski definition) is 4. The van der Waals surface area contributed by atoms with Crippen molar-refractivity contribution in [2.75, 3.05) is 32.7 Å². The van der Waals surface area contributed by atoms with E-state index in [0.29, 0.717) is 9.49 Å². The highest BCUT2D eigenvalue weighted by atomic mass is 33.1. The van der Waals surface area contributed by atoms with E-state index in [4.69, 9.17) is 0 Å². The fraction of sp³-hybridized carbons (Fsp3) is 1.00. The fourth-order valence-electron chi connectivity index (χ4n) is 2.83. The lowest BCUT2D eigenvalue weighted by molar-refractivity contribution is 0.248. The average molecular weight is 347 g/mol. The lowest BCUT2D eigenvalue weighted by atomic mass is 10.1.